The van der Waals surface area contributed by atoms with E-state index in [1.54, 1.807) is 31.2 Å². The summed E-state index contributed by atoms with van der Waals surface area (Å²) in [7, 11) is -4.01. The highest BCUT2D eigenvalue weighted by Crippen LogP contribution is 2.31. The minimum atomic E-state index is -4.81. The van der Waals surface area contributed by atoms with Crippen LogP contribution in [-0.4, -0.2) is 18.2 Å². The van der Waals surface area contributed by atoms with Gasteiger partial charge in [-0.1, -0.05) is 24.3 Å². The maximum Gasteiger partial charge on any atom is 0.419 e. The average molecular weight is 413 g/mol. The zero-order valence-electron chi connectivity index (χ0n) is 14.5. The molecular formula is C18H15F4N3O2S. The van der Waals surface area contributed by atoms with Crippen LogP contribution in [-0.2, 0) is 22.7 Å². The molecule has 0 saturated heterocycles. The molecule has 0 aliphatic carbocycles. The molecule has 0 saturated carbocycles. The molecule has 0 atom stereocenters. The fraction of sp³-hybridized carbons (Fsp3) is 0.167. The van der Waals surface area contributed by atoms with Crippen molar-refractivity contribution in [2.24, 2.45) is 0 Å². The number of benzene rings is 2. The Hall–Kier alpha value is -2.72. The molecule has 1 aromatic heterocycles. The fourth-order valence-electron chi connectivity index (χ4n) is 2.64. The van der Waals surface area contributed by atoms with Gasteiger partial charge in [0.05, 0.1) is 23.1 Å². The Morgan fingerprint density at radius 2 is 1.79 bits per heavy atom. The van der Waals surface area contributed by atoms with Crippen molar-refractivity contribution in [3.05, 3.63) is 77.4 Å². The highest BCUT2D eigenvalue weighted by molar-refractivity contribution is 7.89. The third-order valence-corrected chi connectivity index (χ3v) is 5.56. The van der Waals surface area contributed by atoms with Gasteiger partial charge in [0.15, 0.2) is 0 Å². The molecule has 28 heavy (non-hydrogen) atoms. The largest absolute Gasteiger partial charge is 0.419 e. The van der Waals surface area contributed by atoms with Crippen LogP contribution in [0, 0.1) is 12.7 Å². The van der Waals surface area contributed by atoms with Gasteiger partial charge in [0.25, 0.3) is 0 Å². The van der Waals surface area contributed by atoms with Crippen LogP contribution in [0.3, 0.4) is 0 Å². The maximum absolute atomic E-state index is 13.6. The predicted octanol–water partition coefficient (Wildman–Crippen LogP) is 3.82. The molecule has 0 amide bonds. The number of nitrogens with one attached hydrogen (secondary N) is 1. The quantitative estimate of drug-likeness (QED) is 0.647. The topological polar surface area (TPSA) is 64.0 Å². The zero-order valence-corrected chi connectivity index (χ0v) is 15.4. The summed E-state index contributed by atoms with van der Waals surface area (Å²) in [5, 5.41) is 4.07. The molecule has 0 spiro atoms. The molecule has 148 valence electrons. The molecule has 5 nitrogen and oxygen atoms in total. The number of aromatic nitrogens is 2. The Morgan fingerprint density at radius 1 is 1.11 bits per heavy atom. The third-order valence-electron chi connectivity index (χ3n) is 4.06. The van der Waals surface area contributed by atoms with Crippen LogP contribution in [0.25, 0.3) is 5.69 Å². The summed E-state index contributed by atoms with van der Waals surface area (Å²) >= 11 is 0. The highest BCUT2D eigenvalue weighted by Gasteiger charge is 2.34. The molecule has 2 aromatic carbocycles. The molecule has 0 unspecified atom stereocenters. The van der Waals surface area contributed by atoms with E-state index in [2.05, 4.69) is 9.82 Å². The normalized spacial score (nSPS) is 12.3. The van der Waals surface area contributed by atoms with E-state index in [-0.39, 0.29) is 17.0 Å². The molecule has 3 aromatic rings. The Kier molecular flexibility index (Phi) is 5.26. The highest BCUT2D eigenvalue weighted by atomic mass is 32.2. The molecule has 3 rings (SSSR count). The Morgan fingerprint density at radius 3 is 2.39 bits per heavy atom. The number of rotatable bonds is 5. The summed E-state index contributed by atoms with van der Waals surface area (Å²) in [6, 6.07) is 11.1. The van der Waals surface area contributed by atoms with Gasteiger partial charge in [-0.15, -0.1) is 0 Å². The lowest BCUT2D eigenvalue weighted by molar-refractivity contribution is -0.140. The summed E-state index contributed by atoms with van der Waals surface area (Å²) in [5.74, 6) is -1.46. The van der Waals surface area contributed by atoms with Gasteiger partial charge in [0, 0.05) is 6.54 Å². The van der Waals surface area contributed by atoms with E-state index in [0.29, 0.717) is 23.5 Å². The monoisotopic (exact) mass is 413 g/mol. The molecule has 1 N–H and O–H groups in total. The van der Waals surface area contributed by atoms with E-state index >= 15 is 0 Å². The van der Waals surface area contributed by atoms with Crippen molar-refractivity contribution in [2.45, 2.75) is 24.5 Å². The Bertz CT molecular complexity index is 1090. The van der Waals surface area contributed by atoms with Crippen molar-refractivity contribution in [1.82, 2.24) is 14.5 Å². The maximum atomic E-state index is 13.6. The molecule has 1 heterocycles. The molecule has 0 radical (unpaired) electrons. The zero-order chi connectivity index (χ0) is 20.5. The van der Waals surface area contributed by atoms with Crippen LogP contribution in [0.2, 0.25) is 0 Å². The van der Waals surface area contributed by atoms with Gasteiger partial charge >= 0.3 is 6.18 Å². The van der Waals surface area contributed by atoms with Gasteiger partial charge < -0.3 is 0 Å². The standard InChI is InChI=1S/C18H15F4N3O2S/c1-12-17(11-23-25(12)14-5-3-2-4-6-14)28(26,27)24-10-13-7-8-15(16(19)9-13)18(20,21)22/h2-9,11,24H,10H2,1H3. The lowest BCUT2D eigenvalue weighted by Crippen LogP contribution is -2.24. The second kappa shape index (κ2) is 7.36. The SMILES string of the molecule is Cc1c(S(=O)(=O)NCc2ccc(C(F)(F)F)c(F)c2)cnn1-c1ccccc1. The van der Waals surface area contributed by atoms with E-state index in [1.807, 2.05) is 6.07 Å². The summed E-state index contributed by atoms with van der Waals surface area (Å²) < 4.78 is 80.2. The van der Waals surface area contributed by atoms with Crippen molar-refractivity contribution in [2.75, 3.05) is 0 Å². The van der Waals surface area contributed by atoms with E-state index in [4.69, 9.17) is 0 Å². The number of hydrogen-bond donors (Lipinski definition) is 1. The molecule has 0 aliphatic rings. The number of hydrogen-bond acceptors (Lipinski definition) is 3. The predicted molar refractivity (Wildman–Crippen MR) is 93.7 cm³/mol. The number of nitrogens with zero attached hydrogens (tertiary/aromatic N) is 2. The first-order valence-electron chi connectivity index (χ1n) is 8.05. The van der Waals surface area contributed by atoms with Crippen LogP contribution < -0.4 is 4.72 Å². The summed E-state index contributed by atoms with van der Waals surface area (Å²) in [6.45, 7) is 1.21. The Labute approximate surface area is 158 Å². The van der Waals surface area contributed by atoms with Crippen molar-refractivity contribution in [3.63, 3.8) is 0 Å². The van der Waals surface area contributed by atoms with Crippen LogP contribution >= 0.6 is 0 Å². The molecular weight excluding hydrogens is 398 g/mol. The first-order chi connectivity index (χ1) is 13.1. The van der Waals surface area contributed by atoms with Crippen molar-refractivity contribution < 1.29 is 26.0 Å². The minimum absolute atomic E-state index is 0.0576. The van der Waals surface area contributed by atoms with Crippen molar-refractivity contribution >= 4 is 10.0 Å². The third kappa shape index (κ3) is 4.07. The molecule has 0 aliphatic heterocycles. The van der Waals surface area contributed by atoms with E-state index in [9.17, 15) is 26.0 Å². The second-order valence-electron chi connectivity index (χ2n) is 5.98. The average Bonchev–Trinajstić information content (AvgIpc) is 3.02. The number of halogens is 4. The summed E-state index contributed by atoms with van der Waals surface area (Å²) in [4.78, 5) is -0.0799. The van der Waals surface area contributed by atoms with Crippen molar-refractivity contribution in [1.29, 1.82) is 0 Å². The van der Waals surface area contributed by atoms with Crippen molar-refractivity contribution in [3.8, 4) is 5.69 Å². The number of alkyl halides is 3. The lowest BCUT2D eigenvalue weighted by atomic mass is 10.1. The minimum Gasteiger partial charge on any atom is -0.237 e. The van der Waals surface area contributed by atoms with Gasteiger partial charge in [-0.2, -0.15) is 18.3 Å². The number of sulfonamides is 1. The molecule has 0 fully saturated rings. The Balaban J connectivity index is 1.80. The summed E-state index contributed by atoms with van der Waals surface area (Å²) in [6.07, 6.45) is -3.64. The first-order valence-corrected chi connectivity index (χ1v) is 9.53. The lowest BCUT2D eigenvalue weighted by Gasteiger charge is -2.10. The van der Waals surface area contributed by atoms with Crippen LogP contribution in [0.1, 0.15) is 16.8 Å². The van der Waals surface area contributed by atoms with Gasteiger partial charge in [0.1, 0.15) is 10.7 Å². The second-order valence-corrected chi connectivity index (χ2v) is 7.71. The fourth-order valence-corrected chi connectivity index (χ4v) is 3.82. The molecule has 0 bridgehead atoms. The van der Waals surface area contributed by atoms with Crippen LogP contribution in [0.15, 0.2) is 59.6 Å². The van der Waals surface area contributed by atoms with E-state index in [1.165, 1.54) is 10.9 Å². The smallest absolute Gasteiger partial charge is 0.237 e. The number of para-hydroxylation sites is 1. The van der Waals surface area contributed by atoms with E-state index < -0.39 is 27.6 Å². The first kappa shape index (κ1) is 20.0. The van der Waals surface area contributed by atoms with Gasteiger partial charge in [0.2, 0.25) is 10.0 Å². The van der Waals surface area contributed by atoms with Crippen LogP contribution in [0.5, 0.6) is 0 Å². The van der Waals surface area contributed by atoms with E-state index in [0.717, 1.165) is 6.07 Å². The van der Waals surface area contributed by atoms with Crippen LogP contribution in [0.4, 0.5) is 17.6 Å². The van der Waals surface area contributed by atoms with Gasteiger partial charge in [-0.05, 0) is 36.8 Å². The summed E-state index contributed by atoms with van der Waals surface area (Å²) in [5.41, 5.74) is -0.315. The molecule has 10 heteroatoms. The van der Waals surface area contributed by atoms with Gasteiger partial charge in [-0.3, -0.25) is 0 Å². The van der Waals surface area contributed by atoms with Gasteiger partial charge in [-0.25, -0.2) is 22.2 Å².